The van der Waals surface area contributed by atoms with Crippen LogP contribution in [0.5, 0.6) is 0 Å². The Hall–Kier alpha value is -1.35. The molecule has 0 aromatic heterocycles. The molecule has 2 atom stereocenters. The third-order valence-corrected chi connectivity index (χ3v) is 6.52. The minimum Gasteiger partial charge on any atom is -0.444 e. The Morgan fingerprint density at radius 3 is 2.40 bits per heavy atom. The zero-order valence-corrected chi connectivity index (χ0v) is 16.0. The van der Waals surface area contributed by atoms with E-state index in [1.165, 1.54) is 4.90 Å². The molecule has 9 heteroatoms. The molecule has 8 nitrogen and oxygen atoms in total. The van der Waals surface area contributed by atoms with E-state index < -0.39 is 33.9 Å². The van der Waals surface area contributed by atoms with Crippen LogP contribution >= 0.6 is 0 Å². The first-order chi connectivity index (χ1) is 11.6. The molecule has 1 aliphatic heterocycles. The molecule has 0 unspecified atom stereocenters. The Bertz CT molecular complexity index is 581. The highest BCUT2D eigenvalue weighted by molar-refractivity contribution is 7.90. The van der Waals surface area contributed by atoms with Gasteiger partial charge in [-0.25, -0.2) is 17.9 Å². The summed E-state index contributed by atoms with van der Waals surface area (Å²) in [7, 11) is -3.43. The first-order valence-electron chi connectivity index (χ1n) is 8.83. The predicted molar refractivity (Wildman–Crippen MR) is 93.3 cm³/mol. The van der Waals surface area contributed by atoms with Crippen LogP contribution in [0.1, 0.15) is 59.3 Å². The van der Waals surface area contributed by atoms with Crippen molar-refractivity contribution >= 4 is 22.5 Å². The van der Waals surface area contributed by atoms with Crippen LogP contribution in [0.2, 0.25) is 0 Å². The largest absolute Gasteiger partial charge is 0.444 e. The first-order valence-corrected chi connectivity index (χ1v) is 10.4. The van der Waals surface area contributed by atoms with Gasteiger partial charge in [-0.15, -0.1) is 0 Å². The molecule has 2 rings (SSSR count). The summed E-state index contributed by atoms with van der Waals surface area (Å²) in [4.78, 5) is 24.5. The van der Waals surface area contributed by atoms with E-state index in [1.54, 1.807) is 20.8 Å². The molecule has 2 aliphatic rings. The fourth-order valence-electron chi connectivity index (χ4n) is 3.38. The number of sulfonamides is 1. The summed E-state index contributed by atoms with van der Waals surface area (Å²) in [5.41, 5.74) is -0.664. The van der Waals surface area contributed by atoms with Gasteiger partial charge in [-0.2, -0.15) is 0 Å². The van der Waals surface area contributed by atoms with Crippen molar-refractivity contribution in [1.29, 1.82) is 0 Å². The minimum atomic E-state index is -3.43. The van der Waals surface area contributed by atoms with Crippen LogP contribution in [-0.2, 0) is 19.6 Å². The SMILES string of the molecule is CC(C)(C)OC(=O)N1C[C@H](NS(=O)(=O)C2CCCCC2)C[C@H]1NC=O. The molecule has 2 fully saturated rings. The van der Waals surface area contributed by atoms with E-state index in [4.69, 9.17) is 4.74 Å². The van der Waals surface area contributed by atoms with Crippen molar-refractivity contribution in [2.75, 3.05) is 6.54 Å². The van der Waals surface area contributed by atoms with Gasteiger partial charge < -0.3 is 10.1 Å². The lowest BCUT2D eigenvalue weighted by molar-refractivity contribution is -0.110. The zero-order valence-electron chi connectivity index (χ0n) is 15.2. The van der Waals surface area contributed by atoms with Gasteiger partial charge in [-0.1, -0.05) is 19.3 Å². The van der Waals surface area contributed by atoms with Crippen LogP contribution in [0.25, 0.3) is 0 Å². The summed E-state index contributed by atoms with van der Waals surface area (Å²) in [5.74, 6) is 0. The molecule has 1 saturated heterocycles. The van der Waals surface area contributed by atoms with Crippen molar-refractivity contribution in [3.63, 3.8) is 0 Å². The zero-order chi connectivity index (χ0) is 18.7. The van der Waals surface area contributed by atoms with Gasteiger partial charge in [0.25, 0.3) is 0 Å². The summed E-state index contributed by atoms with van der Waals surface area (Å²) >= 11 is 0. The number of nitrogens with zero attached hydrogens (tertiary/aromatic N) is 1. The second-order valence-corrected chi connectivity index (χ2v) is 9.78. The maximum atomic E-state index is 12.6. The Labute approximate surface area is 149 Å². The first kappa shape index (κ1) is 20.0. The van der Waals surface area contributed by atoms with Crippen LogP contribution in [0.3, 0.4) is 0 Å². The number of hydrogen-bond acceptors (Lipinski definition) is 5. The second-order valence-electron chi connectivity index (χ2n) is 7.79. The average Bonchev–Trinajstić information content (AvgIpc) is 2.89. The lowest BCUT2D eigenvalue weighted by atomic mass is 10.0. The van der Waals surface area contributed by atoms with Crippen LogP contribution in [0, 0.1) is 0 Å². The fraction of sp³-hybridized carbons (Fsp3) is 0.875. The Morgan fingerprint density at radius 2 is 1.84 bits per heavy atom. The van der Waals surface area contributed by atoms with Crippen LogP contribution < -0.4 is 10.0 Å². The molecular weight excluding hydrogens is 346 g/mol. The number of carbonyl (C=O) groups excluding carboxylic acids is 2. The molecule has 0 bridgehead atoms. The minimum absolute atomic E-state index is 0.173. The monoisotopic (exact) mass is 375 g/mol. The highest BCUT2D eigenvalue weighted by atomic mass is 32.2. The molecule has 0 aromatic carbocycles. The second kappa shape index (κ2) is 7.90. The van der Waals surface area contributed by atoms with Crippen molar-refractivity contribution in [2.45, 2.75) is 82.4 Å². The molecule has 1 aliphatic carbocycles. The molecule has 1 saturated carbocycles. The molecule has 1 heterocycles. The number of likely N-dealkylation sites (tertiary alicyclic amines) is 1. The predicted octanol–water partition coefficient (Wildman–Crippen LogP) is 1.32. The maximum absolute atomic E-state index is 12.6. The molecule has 2 amide bonds. The highest BCUT2D eigenvalue weighted by Gasteiger charge is 2.40. The van der Waals surface area contributed by atoms with Gasteiger partial charge in [0.1, 0.15) is 11.8 Å². The number of nitrogens with one attached hydrogen (secondary N) is 2. The molecule has 25 heavy (non-hydrogen) atoms. The Kier molecular flexibility index (Phi) is 6.31. The Morgan fingerprint density at radius 1 is 1.20 bits per heavy atom. The molecular formula is C16H29N3O5S. The van der Waals surface area contributed by atoms with Crippen molar-refractivity contribution in [3.05, 3.63) is 0 Å². The summed E-state index contributed by atoms with van der Waals surface area (Å²) in [6.07, 6.45) is 3.97. The number of amides is 2. The van der Waals surface area contributed by atoms with Gasteiger partial charge in [0, 0.05) is 19.0 Å². The highest BCUT2D eigenvalue weighted by Crippen LogP contribution is 2.25. The molecule has 0 spiro atoms. The van der Waals surface area contributed by atoms with Gasteiger partial charge in [-0.05, 0) is 33.6 Å². The standard InChI is InChI=1S/C16H29N3O5S/c1-16(2,3)24-15(21)19-10-12(9-14(19)17-11-20)18-25(22,23)13-7-5-4-6-8-13/h11-14,18H,4-10H2,1-3H3,(H,17,20)/t12-,14+/m1/s1. The molecule has 2 N–H and O–H groups in total. The van der Waals surface area contributed by atoms with Crippen molar-refractivity contribution < 1.29 is 22.7 Å². The third-order valence-electron chi connectivity index (χ3n) is 4.51. The topological polar surface area (TPSA) is 105 Å². The van der Waals surface area contributed by atoms with E-state index >= 15 is 0 Å². The van der Waals surface area contributed by atoms with E-state index in [0.29, 0.717) is 25.7 Å². The van der Waals surface area contributed by atoms with Crippen LogP contribution in [-0.4, -0.2) is 55.4 Å². The third kappa shape index (κ3) is 5.57. The van der Waals surface area contributed by atoms with E-state index in [2.05, 4.69) is 10.0 Å². The van der Waals surface area contributed by atoms with Crippen molar-refractivity contribution in [1.82, 2.24) is 14.9 Å². The maximum Gasteiger partial charge on any atom is 0.411 e. The normalized spacial score (nSPS) is 25.6. The van der Waals surface area contributed by atoms with Gasteiger partial charge in [0.05, 0.1) is 5.25 Å². The average molecular weight is 375 g/mol. The van der Waals surface area contributed by atoms with Crippen LogP contribution in [0.15, 0.2) is 0 Å². The number of ether oxygens (including phenoxy) is 1. The van der Waals surface area contributed by atoms with E-state index in [9.17, 15) is 18.0 Å². The molecule has 144 valence electrons. The van der Waals surface area contributed by atoms with Crippen molar-refractivity contribution in [3.8, 4) is 0 Å². The smallest absolute Gasteiger partial charge is 0.411 e. The van der Waals surface area contributed by atoms with Gasteiger partial charge >= 0.3 is 6.09 Å². The van der Waals surface area contributed by atoms with E-state index in [1.807, 2.05) is 0 Å². The van der Waals surface area contributed by atoms with E-state index in [0.717, 1.165) is 19.3 Å². The van der Waals surface area contributed by atoms with Crippen LogP contribution in [0.4, 0.5) is 4.79 Å². The Balaban J connectivity index is 2.03. The van der Waals surface area contributed by atoms with Gasteiger partial charge in [-0.3, -0.25) is 9.69 Å². The number of rotatable bonds is 5. The lowest BCUT2D eigenvalue weighted by Gasteiger charge is -2.28. The quantitative estimate of drug-likeness (QED) is 0.705. The van der Waals surface area contributed by atoms with Gasteiger partial charge in [0.15, 0.2) is 0 Å². The number of carbonyl (C=O) groups is 2. The summed E-state index contributed by atoms with van der Waals surface area (Å²) < 4.78 is 33.2. The summed E-state index contributed by atoms with van der Waals surface area (Å²) in [5, 5.41) is 2.20. The lowest BCUT2D eigenvalue weighted by Crippen LogP contribution is -2.46. The summed E-state index contributed by atoms with van der Waals surface area (Å²) in [6, 6.07) is -0.433. The molecule has 0 radical (unpaired) electrons. The van der Waals surface area contributed by atoms with Gasteiger partial charge in [0.2, 0.25) is 16.4 Å². The molecule has 0 aromatic rings. The summed E-state index contributed by atoms with van der Waals surface area (Å²) in [6.45, 7) is 5.44. The van der Waals surface area contributed by atoms with E-state index in [-0.39, 0.29) is 11.8 Å². The fourth-order valence-corrected chi connectivity index (χ4v) is 5.17. The number of hydrogen-bond donors (Lipinski definition) is 2. The van der Waals surface area contributed by atoms with Crippen molar-refractivity contribution in [2.24, 2.45) is 0 Å².